The average Bonchev–Trinajstić information content (AvgIpc) is 2.61. The molecule has 0 saturated heterocycles. The molecule has 138 valence electrons. The third-order valence-corrected chi connectivity index (χ3v) is 4.66. The van der Waals surface area contributed by atoms with Gasteiger partial charge in [0.1, 0.15) is 5.75 Å². The average molecular weight is 372 g/mol. The molecular formula is C20H24N2O3S. The molecule has 0 aromatic heterocycles. The summed E-state index contributed by atoms with van der Waals surface area (Å²) in [5.41, 5.74) is 2.87. The fourth-order valence-corrected chi connectivity index (χ4v) is 3.01. The van der Waals surface area contributed by atoms with Gasteiger partial charge in [0.05, 0.1) is 12.2 Å². The smallest absolute Gasteiger partial charge is 0.260 e. The van der Waals surface area contributed by atoms with E-state index in [4.69, 9.17) is 4.74 Å². The fraction of sp³-hybridized carbons (Fsp3) is 0.300. The molecule has 0 bridgehead atoms. The van der Waals surface area contributed by atoms with Crippen LogP contribution < -0.4 is 10.1 Å². The second kappa shape index (κ2) is 9.29. The number of rotatable bonds is 7. The van der Waals surface area contributed by atoms with Crippen molar-refractivity contribution in [2.75, 3.05) is 31.8 Å². The van der Waals surface area contributed by atoms with Crippen molar-refractivity contribution >= 4 is 29.3 Å². The van der Waals surface area contributed by atoms with Crippen molar-refractivity contribution in [1.29, 1.82) is 0 Å². The van der Waals surface area contributed by atoms with Crippen LogP contribution in [0.5, 0.6) is 5.75 Å². The number of thioether (sulfide) groups is 1. The number of hydrogen-bond acceptors (Lipinski definition) is 4. The lowest BCUT2D eigenvalue weighted by molar-refractivity contribution is -0.135. The van der Waals surface area contributed by atoms with Crippen molar-refractivity contribution < 1.29 is 14.3 Å². The number of hydrogen-bond donors (Lipinski definition) is 1. The number of nitrogens with one attached hydrogen (secondary N) is 1. The maximum atomic E-state index is 12.2. The number of amides is 2. The molecule has 0 heterocycles. The first-order valence-corrected chi connectivity index (χ1v) is 9.50. The molecule has 26 heavy (non-hydrogen) atoms. The van der Waals surface area contributed by atoms with Gasteiger partial charge in [0.15, 0.2) is 6.61 Å². The number of benzene rings is 2. The van der Waals surface area contributed by atoms with Crippen LogP contribution >= 0.6 is 11.8 Å². The van der Waals surface area contributed by atoms with Gasteiger partial charge in [-0.15, -0.1) is 11.8 Å². The summed E-state index contributed by atoms with van der Waals surface area (Å²) in [4.78, 5) is 26.8. The van der Waals surface area contributed by atoms with E-state index >= 15 is 0 Å². The minimum Gasteiger partial charge on any atom is -0.484 e. The Bertz CT molecular complexity index is 792. The van der Waals surface area contributed by atoms with E-state index in [9.17, 15) is 9.59 Å². The van der Waals surface area contributed by atoms with Crippen molar-refractivity contribution in [1.82, 2.24) is 4.90 Å². The van der Waals surface area contributed by atoms with Crippen LogP contribution in [0.15, 0.2) is 47.4 Å². The van der Waals surface area contributed by atoms with E-state index in [-0.39, 0.29) is 25.0 Å². The molecule has 0 saturated carbocycles. The Labute approximate surface area is 158 Å². The molecule has 5 nitrogen and oxygen atoms in total. The Morgan fingerprint density at radius 3 is 2.58 bits per heavy atom. The topological polar surface area (TPSA) is 58.6 Å². The van der Waals surface area contributed by atoms with Crippen molar-refractivity contribution in [3.05, 3.63) is 53.6 Å². The monoisotopic (exact) mass is 372 g/mol. The summed E-state index contributed by atoms with van der Waals surface area (Å²) >= 11 is 1.56. The van der Waals surface area contributed by atoms with Crippen LogP contribution in [-0.4, -0.2) is 43.2 Å². The zero-order chi connectivity index (χ0) is 19.1. The van der Waals surface area contributed by atoms with Crippen LogP contribution in [0.2, 0.25) is 0 Å². The van der Waals surface area contributed by atoms with E-state index in [1.165, 1.54) is 4.90 Å². The SMILES string of the molecule is CSc1ccccc1NC(=O)CN(C)C(=O)COc1ccc(C)cc1C. The molecule has 2 aromatic carbocycles. The van der Waals surface area contributed by atoms with E-state index in [2.05, 4.69) is 5.32 Å². The summed E-state index contributed by atoms with van der Waals surface area (Å²) in [5, 5.41) is 2.84. The molecule has 0 aliphatic carbocycles. The summed E-state index contributed by atoms with van der Waals surface area (Å²) in [7, 11) is 1.59. The largest absolute Gasteiger partial charge is 0.484 e. The number of carbonyl (C=O) groups is 2. The van der Waals surface area contributed by atoms with Crippen LogP contribution in [0.1, 0.15) is 11.1 Å². The van der Waals surface area contributed by atoms with Gasteiger partial charge in [0.25, 0.3) is 5.91 Å². The van der Waals surface area contributed by atoms with E-state index in [0.29, 0.717) is 5.75 Å². The molecule has 0 aliphatic heterocycles. The van der Waals surface area contributed by atoms with Crippen molar-refractivity contribution in [3.63, 3.8) is 0 Å². The first kappa shape index (κ1) is 19.8. The van der Waals surface area contributed by atoms with Crippen molar-refractivity contribution in [2.45, 2.75) is 18.7 Å². The highest BCUT2D eigenvalue weighted by molar-refractivity contribution is 7.98. The van der Waals surface area contributed by atoms with Gasteiger partial charge in [0, 0.05) is 11.9 Å². The Morgan fingerprint density at radius 2 is 1.88 bits per heavy atom. The van der Waals surface area contributed by atoms with Gasteiger partial charge in [-0.05, 0) is 43.9 Å². The summed E-state index contributed by atoms with van der Waals surface area (Å²) in [6.45, 7) is 3.81. The number of ether oxygens (including phenoxy) is 1. The molecule has 0 unspecified atom stereocenters. The van der Waals surface area contributed by atoms with E-state index < -0.39 is 0 Å². The zero-order valence-electron chi connectivity index (χ0n) is 15.5. The minimum absolute atomic E-state index is 0.0300. The Balaban J connectivity index is 1.87. The van der Waals surface area contributed by atoms with Gasteiger partial charge in [-0.1, -0.05) is 29.8 Å². The number of carbonyl (C=O) groups excluding carboxylic acids is 2. The lowest BCUT2D eigenvalue weighted by Gasteiger charge is -2.18. The van der Waals surface area contributed by atoms with E-state index in [1.807, 2.05) is 62.6 Å². The van der Waals surface area contributed by atoms with Gasteiger partial charge in [-0.3, -0.25) is 9.59 Å². The predicted octanol–water partition coefficient (Wildman–Crippen LogP) is 3.50. The second-order valence-electron chi connectivity index (χ2n) is 6.06. The summed E-state index contributed by atoms with van der Waals surface area (Å²) in [5.74, 6) is 0.183. The molecule has 6 heteroatoms. The highest BCUT2D eigenvalue weighted by Crippen LogP contribution is 2.24. The molecule has 0 spiro atoms. The van der Waals surface area contributed by atoms with E-state index in [1.54, 1.807) is 18.8 Å². The molecule has 2 amide bonds. The molecular weight excluding hydrogens is 348 g/mol. The molecule has 0 atom stereocenters. The van der Waals surface area contributed by atoms with Crippen molar-refractivity contribution in [2.24, 2.45) is 0 Å². The van der Waals surface area contributed by atoms with Gasteiger partial charge in [-0.25, -0.2) is 0 Å². The quantitative estimate of drug-likeness (QED) is 0.756. The number of aryl methyl sites for hydroxylation is 2. The minimum atomic E-state index is -0.252. The summed E-state index contributed by atoms with van der Waals surface area (Å²) in [6.07, 6.45) is 1.95. The van der Waals surface area contributed by atoms with E-state index in [0.717, 1.165) is 21.7 Å². The van der Waals surface area contributed by atoms with Crippen LogP contribution in [0.3, 0.4) is 0 Å². The van der Waals surface area contributed by atoms with Crippen LogP contribution in [-0.2, 0) is 9.59 Å². The maximum Gasteiger partial charge on any atom is 0.260 e. The van der Waals surface area contributed by atoms with Gasteiger partial charge < -0.3 is 15.0 Å². The fourth-order valence-electron chi connectivity index (χ4n) is 2.45. The lowest BCUT2D eigenvalue weighted by Crippen LogP contribution is -2.37. The Kier molecular flexibility index (Phi) is 7.09. The molecule has 0 radical (unpaired) electrons. The normalized spacial score (nSPS) is 10.3. The highest BCUT2D eigenvalue weighted by Gasteiger charge is 2.15. The standard InChI is InChI=1S/C20H24N2O3S/c1-14-9-10-17(15(2)11-14)25-13-20(24)22(3)12-19(23)21-16-7-5-6-8-18(16)26-4/h5-11H,12-13H2,1-4H3,(H,21,23). The van der Waals surface area contributed by atoms with Crippen LogP contribution in [0, 0.1) is 13.8 Å². The molecule has 0 aliphatic rings. The molecule has 2 rings (SSSR count). The third kappa shape index (κ3) is 5.52. The summed E-state index contributed by atoms with van der Waals surface area (Å²) < 4.78 is 5.58. The highest BCUT2D eigenvalue weighted by atomic mass is 32.2. The van der Waals surface area contributed by atoms with Crippen LogP contribution in [0.25, 0.3) is 0 Å². The Hall–Kier alpha value is -2.47. The zero-order valence-corrected chi connectivity index (χ0v) is 16.4. The number of para-hydroxylation sites is 1. The molecule has 2 aromatic rings. The van der Waals surface area contributed by atoms with Gasteiger partial charge in [0.2, 0.25) is 5.91 Å². The third-order valence-electron chi connectivity index (χ3n) is 3.87. The first-order chi connectivity index (χ1) is 12.4. The number of anilines is 1. The summed E-state index contributed by atoms with van der Waals surface area (Å²) in [6, 6.07) is 13.3. The lowest BCUT2D eigenvalue weighted by atomic mass is 10.1. The first-order valence-electron chi connectivity index (χ1n) is 8.27. The predicted molar refractivity (Wildman–Crippen MR) is 106 cm³/mol. The molecule has 0 fully saturated rings. The Morgan fingerprint density at radius 1 is 1.15 bits per heavy atom. The second-order valence-corrected chi connectivity index (χ2v) is 6.90. The molecule has 1 N–H and O–H groups in total. The van der Waals surface area contributed by atoms with Gasteiger partial charge in [-0.2, -0.15) is 0 Å². The van der Waals surface area contributed by atoms with Crippen LogP contribution in [0.4, 0.5) is 5.69 Å². The van der Waals surface area contributed by atoms with Gasteiger partial charge >= 0.3 is 0 Å². The number of nitrogens with zero attached hydrogens (tertiary/aromatic N) is 1. The maximum absolute atomic E-state index is 12.2. The number of likely N-dealkylation sites (N-methyl/N-ethyl adjacent to an activating group) is 1. The van der Waals surface area contributed by atoms with Crippen molar-refractivity contribution in [3.8, 4) is 5.75 Å².